The number of nitrogens with one attached hydrogen (secondary N) is 1. The van der Waals surface area contributed by atoms with E-state index in [0.717, 1.165) is 18.6 Å². The van der Waals surface area contributed by atoms with Gasteiger partial charge in [-0.2, -0.15) is 11.8 Å². The molecule has 0 aliphatic heterocycles. The predicted molar refractivity (Wildman–Crippen MR) is 77.3 cm³/mol. The van der Waals surface area contributed by atoms with Crippen molar-refractivity contribution in [1.82, 2.24) is 5.32 Å². The maximum absolute atomic E-state index is 11.8. The van der Waals surface area contributed by atoms with Crippen LogP contribution in [0, 0.1) is 5.92 Å². The van der Waals surface area contributed by atoms with Crippen molar-refractivity contribution in [3.05, 3.63) is 0 Å². The molecule has 0 aromatic rings. The molecule has 1 amide bonds. The topological polar surface area (TPSA) is 55.1 Å². The Kier molecular flexibility index (Phi) is 8.70. The zero-order valence-electron chi connectivity index (χ0n) is 11.7. The number of rotatable bonds is 9. The summed E-state index contributed by atoms with van der Waals surface area (Å²) < 4.78 is 0. The largest absolute Gasteiger partial charge is 0.349 e. The molecule has 102 valence electrons. The molecule has 4 heteroatoms. The van der Waals surface area contributed by atoms with E-state index in [0.29, 0.717) is 18.2 Å². The second-order valence-corrected chi connectivity index (χ2v) is 6.08. The lowest BCUT2D eigenvalue weighted by Crippen LogP contribution is -2.53. The highest BCUT2D eigenvalue weighted by molar-refractivity contribution is 7.99. The van der Waals surface area contributed by atoms with Crippen molar-refractivity contribution in [2.75, 3.05) is 18.1 Å². The molecule has 0 aliphatic carbocycles. The Labute approximate surface area is 110 Å². The molecular formula is C13H28N2OS. The van der Waals surface area contributed by atoms with Gasteiger partial charge in [0.1, 0.15) is 0 Å². The third-order valence-electron chi connectivity index (χ3n) is 3.22. The molecular weight excluding hydrogens is 232 g/mol. The molecule has 0 heterocycles. The average Bonchev–Trinajstić information content (AvgIpc) is 2.32. The molecule has 0 fully saturated rings. The Morgan fingerprint density at radius 2 is 1.94 bits per heavy atom. The SMILES string of the molecule is CCC(CC)(CN)NC(=O)CSCCC(C)C. The fraction of sp³-hybridized carbons (Fsp3) is 0.923. The summed E-state index contributed by atoms with van der Waals surface area (Å²) in [4.78, 5) is 11.8. The van der Waals surface area contributed by atoms with Crippen LogP contribution in [0.1, 0.15) is 47.0 Å². The Morgan fingerprint density at radius 1 is 1.35 bits per heavy atom. The Hall–Kier alpha value is -0.220. The molecule has 0 unspecified atom stereocenters. The number of amides is 1. The Bertz CT molecular complexity index is 207. The highest BCUT2D eigenvalue weighted by Gasteiger charge is 2.25. The lowest BCUT2D eigenvalue weighted by Gasteiger charge is -2.31. The summed E-state index contributed by atoms with van der Waals surface area (Å²) in [5.74, 6) is 2.43. The first kappa shape index (κ1) is 16.8. The molecule has 0 aromatic carbocycles. The van der Waals surface area contributed by atoms with Crippen molar-refractivity contribution in [2.45, 2.75) is 52.5 Å². The van der Waals surface area contributed by atoms with Crippen LogP contribution in [-0.2, 0) is 4.79 Å². The zero-order valence-corrected chi connectivity index (χ0v) is 12.5. The van der Waals surface area contributed by atoms with Gasteiger partial charge in [0.25, 0.3) is 0 Å². The number of thioether (sulfide) groups is 1. The van der Waals surface area contributed by atoms with E-state index in [1.54, 1.807) is 11.8 Å². The molecule has 3 nitrogen and oxygen atoms in total. The number of nitrogens with two attached hydrogens (primary N) is 1. The third kappa shape index (κ3) is 6.94. The maximum atomic E-state index is 11.8. The van der Waals surface area contributed by atoms with Gasteiger partial charge in [-0.05, 0) is 30.9 Å². The minimum absolute atomic E-state index is 0.118. The molecule has 0 rings (SSSR count). The predicted octanol–water partition coefficient (Wildman–Crippen LogP) is 2.40. The van der Waals surface area contributed by atoms with Crippen LogP contribution in [0.25, 0.3) is 0 Å². The van der Waals surface area contributed by atoms with E-state index in [9.17, 15) is 4.79 Å². The number of hydrogen-bond acceptors (Lipinski definition) is 3. The molecule has 0 radical (unpaired) electrons. The molecule has 0 spiro atoms. The molecule has 0 saturated heterocycles. The summed E-state index contributed by atoms with van der Waals surface area (Å²) in [6, 6.07) is 0. The lowest BCUT2D eigenvalue weighted by molar-refractivity contribution is -0.120. The van der Waals surface area contributed by atoms with Gasteiger partial charge in [0.15, 0.2) is 0 Å². The monoisotopic (exact) mass is 260 g/mol. The van der Waals surface area contributed by atoms with Gasteiger partial charge in [-0.3, -0.25) is 4.79 Å². The smallest absolute Gasteiger partial charge is 0.230 e. The van der Waals surface area contributed by atoms with E-state index >= 15 is 0 Å². The van der Waals surface area contributed by atoms with Crippen molar-refractivity contribution in [3.63, 3.8) is 0 Å². The Balaban J connectivity index is 3.91. The van der Waals surface area contributed by atoms with E-state index in [1.807, 2.05) is 0 Å². The van der Waals surface area contributed by atoms with Gasteiger partial charge in [0.2, 0.25) is 5.91 Å². The number of carbonyl (C=O) groups excluding carboxylic acids is 1. The molecule has 0 bridgehead atoms. The van der Waals surface area contributed by atoms with E-state index in [2.05, 4.69) is 33.0 Å². The minimum atomic E-state index is -0.199. The first-order valence-electron chi connectivity index (χ1n) is 6.58. The molecule has 0 saturated carbocycles. The minimum Gasteiger partial charge on any atom is -0.349 e. The third-order valence-corrected chi connectivity index (χ3v) is 4.21. The van der Waals surface area contributed by atoms with E-state index in [1.165, 1.54) is 6.42 Å². The second-order valence-electron chi connectivity index (χ2n) is 4.97. The van der Waals surface area contributed by atoms with Crippen LogP contribution < -0.4 is 11.1 Å². The van der Waals surface area contributed by atoms with Crippen LogP contribution in [0.4, 0.5) is 0 Å². The van der Waals surface area contributed by atoms with Gasteiger partial charge >= 0.3 is 0 Å². The molecule has 0 aliphatic rings. The summed E-state index contributed by atoms with van der Waals surface area (Å²) >= 11 is 1.71. The van der Waals surface area contributed by atoms with Crippen LogP contribution >= 0.6 is 11.8 Å². The summed E-state index contributed by atoms with van der Waals surface area (Å²) in [7, 11) is 0. The second kappa shape index (κ2) is 8.81. The van der Waals surface area contributed by atoms with Crippen LogP contribution in [0.2, 0.25) is 0 Å². The molecule has 17 heavy (non-hydrogen) atoms. The molecule has 0 aromatic heterocycles. The first-order valence-corrected chi connectivity index (χ1v) is 7.74. The fourth-order valence-electron chi connectivity index (χ4n) is 1.58. The van der Waals surface area contributed by atoms with E-state index in [4.69, 9.17) is 5.73 Å². The fourth-order valence-corrected chi connectivity index (χ4v) is 2.62. The van der Waals surface area contributed by atoms with Crippen molar-refractivity contribution in [2.24, 2.45) is 11.7 Å². The quantitative estimate of drug-likeness (QED) is 0.626. The number of hydrogen-bond donors (Lipinski definition) is 2. The summed E-state index contributed by atoms with van der Waals surface area (Å²) in [5.41, 5.74) is 5.55. The maximum Gasteiger partial charge on any atom is 0.230 e. The van der Waals surface area contributed by atoms with E-state index < -0.39 is 0 Å². The van der Waals surface area contributed by atoms with E-state index in [-0.39, 0.29) is 11.4 Å². The van der Waals surface area contributed by atoms with Gasteiger partial charge in [0, 0.05) is 6.54 Å². The zero-order chi connectivity index (χ0) is 13.3. The highest BCUT2D eigenvalue weighted by Crippen LogP contribution is 2.14. The van der Waals surface area contributed by atoms with Crippen molar-refractivity contribution < 1.29 is 4.79 Å². The highest BCUT2D eigenvalue weighted by atomic mass is 32.2. The summed E-state index contributed by atoms with van der Waals surface area (Å²) in [6.45, 7) is 9.07. The van der Waals surface area contributed by atoms with Crippen LogP contribution in [-0.4, -0.2) is 29.5 Å². The van der Waals surface area contributed by atoms with Gasteiger partial charge in [-0.15, -0.1) is 0 Å². The van der Waals surface area contributed by atoms with Gasteiger partial charge < -0.3 is 11.1 Å². The number of carbonyl (C=O) groups is 1. The van der Waals surface area contributed by atoms with Gasteiger partial charge in [-0.1, -0.05) is 27.7 Å². The van der Waals surface area contributed by atoms with Crippen molar-refractivity contribution in [1.29, 1.82) is 0 Å². The normalized spacial score (nSPS) is 11.9. The van der Waals surface area contributed by atoms with Crippen molar-refractivity contribution >= 4 is 17.7 Å². The van der Waals surface area contributed by atoms with Crippen LogP contribution in [0.15, 0.2) is 0 Å². The van der Waals surface area contributed by atoms with Gasteiger partial charge in [0.05, 0.1) is 11.3 Å². The molecule has 0 atom stereocenters. The lowest BCUT2D eigenvalue weighted by atomic mass is 9.93. The average molecular weight is 260 g/mol. The van der Waals surface area contributed by atoms with Crippen LogP contribution in [0.5, 0.6) is 0 Å². The summed E-state index contributed by atoms with van der Waals surface area (Å²) in [5, 5.41) is 3.08. The first-order chi connectivity index (χ1) is 7.99. The summed E-state index contributed by atoms with van der Waals surface area (Å²) in [6.07, 6.45) is 2.95. The van der Waals surface area contributed by atoms with Crippen LogP contribution in [0.3, 0.4) is 0 Å². The van der Waals surface area contributed by atoms with Crippen molar-refractivity contribution in [3.8, 4) is 0 Å². The molecule has 3 N–H and O–H groups in total. The Morgan fingerprint density at radius 3 is 2.35 bits per heavy atom. The van der Waals surface area contributed by atoms with Gasteiger partial charge in [-0.25, -0.2) is 0 Å². The standard InChI is InChI=1S/C13H28N2OS/c1-5-13(6-2,10-14)15-12(16)9-17-8-7-11(3)4/h11H,5-10,14H2,1-4H3,(H,15,16).